The number of aliphatic carboxylic acids is 1. The third-order valence-corrected chi connectivity index (χ3v) is 6.97. The maximum Gasteiger partial charge on any atom is 0.420 e. The van der Waals surface area contributed by atoms with Gasteiger partial charge in [0.2, 0.25) is 5.95 Å². The molecule has 3 aromatic rings. The molecule has 1 fully saturated rings. The molecule has 1 aromatic heterocycles. The Hall–Kier alpha value is -4.80. The van der Waals surface area contributed by atoms with Crippen molar-refractivity contribution in [1.29, 1.82) is 0 Å². The number of hydrogen-bond donors (Lipinski definition) is 2. The van der Waals surface area contributed by atoms with E-state index in [1.54, 1.807) is 37.8 Å². The first-order valence-corrected chi connectivity index (χ1v) is 14.1. The van der Waals surface area contributed by atoms with Gasteiger partial charge in [-0.25, -0.2) is 14.8 Å². The number of halogens is 6. The quantitative estimate of drug-likeness (QED) is 0.220. The lowest BCUT2D eigenvalue weighted by molar-refractivity contribution is -0.138. The summed E-state index contributed by atoms with van der Waals surface area (Å²) < 4.78 is 86.5. The van der Waals surface area contributed by atoms with Crippen molar-refractivity contribution in [3.8, 4) is 11.8 Å². The van der Waals surface area contributed by atoms with Gasteiger partial charge in [0.05, 0.1) is 12.0 Å². The van der Waals surface area contributed by atoms with Gasteiger partial charge in [0.25, 0.3) is 0 Å². The molecule has 244 valence electrons. The summed E-state index contributed by atoms with van der Waals surface area (Å²) in [5, 5.41) is 11.9. The third kappa shape index (κ3) is 9.12. The fourth-order valence-electron chi connectivity index (χ4n) is 4.75. The normalized spacial score (nSPS) is 14.3. The predicted molar refractivity (Wildman–Crippen MR) is 155 cm³/mol. The molecule has 1 amide bonds. The van der Waals surface area contributed by atoms with Gasteiger partial charge in [-0.05, 0) is 80.8 Å². The van der Waals surface area contributed by atoms with Crippen LogP contribution in [0.15, 0.2) is 48.7 Å². The first kappa shape index (κ1) is 34.1. The highest BCUT2D eigenvalue weighted by molar-refractivity contribution is 5.72. The first-order valence-electron chi connectivity index (χ1n) is 14.1. The molecule has 0 radical (unpaired) electrons. The van der Waals surface area contributed by atoms with Crippen molar-refractivity contribution in [3.63, 3.8) is 0 Å². The minimum atomic E-state index is -4.93. The van der Waals surface area contributed by atoms with E-state index in [0.29, 0.717) is 37.1 Å². The van der Waals surface area contributed by atoms with Crippen molar-refractivity contribution < 1.29 is 45.8 Å². The molecule has 0 unspecified atom stereocenters. The van der Waals surface area contributed by atoms with E-state index in [9.17, 15) is 35.9 Å². The van der Waals surface area contributed by atoms with Gasteiger partial charge in [0.15, 0.2) is 0 Å². The van der Waals surface area contributed by atoms with Crippen LogP contribution in [0.5, 0.6) is 0 Å². The topological polar surface area (TPSA) is 105 Å². The van der Waals surface area contributed by atoms with E-state index >= 15 is 0 Å². The fraction of sp³-hybridized carbons (Fsp3) is 0.375. The van der Waals surface area contributed by atoms with Crippen molar-refractivity contribution in [2.75, 3.05) is 18.4 Å². The summed E-state index contributed by atoms with van der Waals surface area (Å²) in [6, 6.07) is 9.27. The lowest BCUT2D eigenvalue weighted by atomic mass is 9.89. The van der Waals surface area contributed by atoms with E-state index in [-0.39, 0.29) is 23.5 Å². The smallest absolute Gasteiger partial charge is 0.420 e. The van der Waals surface area contributed by atoms with E-state index in [1.807, 2.05) is 12.1 Å². The SMILES string of the molecule is CC(C)(C)OC(=O)N1CCC(c2ccc(Nc3ncc(C(F)(F)F)c(C#Cc4cc(C(F)(F)F)ccc4CC(=O)O)n3)cc2)CC1. The number of rotatable bonds is 5. The molecule has 0 spiro atoms. The highest BCUT2D eigenvalue weighted by atomic mass is 19.4. The van der Waals surface area contributed by atoms with Gasteiger partial charge < -0.3 is 20.1 Å². The number of carbonyl (C=O) groups excluding carboxylic acids is 1. The minimum Gasteiger partial charge on any atom is -0.481 e. The molecule has 1 saturated heterocycles. The number of carbonyl (C=O) groups is 2. The lowest BCUT2D eigenvalue weighted by Crippen LogP contribution is -2.41. The number of carboxylic acids is 1. The molecule has 46 heavy (non-hydrogen) atoms. The molecule has 2 heterocycles. The zero-order valence-electron chi connectivity index (χ0n) is 25.0. The van der Waals surface area contributed by atoms with Gasteiger partial charge in [0.1, 0.15) is 16.9 Å². The molecular formula is C32H30F6N4O4. The Morgan fingerprint density at radius 3 is 2.20 bits per heavy atom. The Balaban J connectivity index is 1.54. The Labute approximate surface area is 260 Å². The number of alkyl halides is 6. The molecular weight excluding hydrogens is 618 g/mol. The zero-order chi connectivity index (χ0) is 33.9. The molecule has 0 atom stereocenters. The number of nitrogens with one attached hydrogen (secondary N) is 1. The standard InChI is InChI=1S/C32H30F6N4O4/c1-30(2,3)46-29(45)42-14-12-20(13-15-42)19-5-9-24(10-6-19)40-28-39-18-25(32(36,37)38)26(41-28)11-7-21-16-23(31(33,34)35)8-4-22(21)17-27(43)44/h4-6,8-10,16,18,20H,12-15,17H2,1-3H3,(H,43,44)(H,39,40,41). The Morgan fingerprint density at radius 1 is 0.978 bits per heavy atom. The maximum atomic E-state index is 13.7. The highest BCUT2D eigenvalue weighted by Gasteiger charge is 2.35. The van der Waals surface area contributed by atoms with Crippen LogP contribution in [0.25, 0.3) is 0 Å². The Kier molecular flexibility index (Phi) is 9.84. The van der Waals surface area contributed by atoms with Crippen LogP contribution < -0.4 is 5.32 Å². The number of hydrogen-bond acceptors (Lipinski definition) is 6. The van der Waals surface area contributed by atoms with Crippen molar-refractivity contribution >= 4 is 23.7 Å². The van der Waals surface area contributed by atoms with E-state index in [2.05, 4.69) is 27.1 Å². The monoisotopic (exact) mass is 648 g/mol. The van der Waals surface area contributed by atoms with Crippen LogP contribution in [0.4, 0.5) is 42.8 Å². The summed E-state index contributed by atoms with van der Waals surface area (Å²) in [5.41, 5.74) is -2.89. The van der Waals surface area contributed by atoms with E-state index in [1.165, 1.54) is 0 Å². The second-order valence-electron chi connectivity index (χ2n) is 11.6. The number of aromatic nitrogens is 2. The van der Waals surface area contributed by atoms with Crippen LogP contribution in [0, 0.1) is 11.8 Å². The van der Waals surface area contributed by atoms with E-state index in [0.717, 1.165) is 24.5 Å². The summed E-state index contributed by atoms with van der Waals surface area (Å²) >= 11 is 0. The molecule has 2 aromatic carbocycles. The number of ether oxygens (including phenoxy) is 1. The summed E-state index contributed by atoms with van der Waals surface area (Å²) in [4.78, 5) is 32.8. The molecule has 0 bridgehead atoms. The molecule has 8 nitrogen and oxygen atoms in total. The van der Waals surface area contributed by atoms with Gasteiger partial charge >= 0.3 is 24.4 Å². The van der Waals surface area contributed by atoms with Crippen LogP contribution in [0.3, 0.4) is 0 Å². The second-order valence-corrected chi connectivity index (χ2v) is 11.6. The largest absolute Gasteiger partial charge is 0.481 e. The minimum absolute atomic E-state index is 0.107. The number of anilines is 2. The number of likely N-dealkylation sites (tertiary alicyclic amines) is 1. The molecule has 1 aliphatic heterocycles. The Bertz CT molecular complexity index is 1650. The highest BCUT2D eigenvalue weighted by Crippen LogP contribution is 2.33. The van der Waals surface area contributed by atoms with Gasteiger partial charge in [-0.2, -0.15) is 26.3 Å². The number of piperidine rings is 1. The average molecular weight is 649 g/mol. The number of carboxylic acid groups (broad SMARTS) is 1. The van der Waals surface area contributed by atoms with Gasteiger partial charge in [-0.15, -0.1) is 0 Å². The van der Waals surface area contributed by atoms with Crippen LogP contribution in [-0.2, 0) is 28.3 Å². The molecule has 0 aliphatic carbocycles. The average Bonchev–Trinajstić information content (AvgIpc) is 2.95. The summed E-state index contributed by atoms with van der Waals surface area (Å²) in [6.07, 6.45) is -8.82. The molecule has 0 saturated carbocycles. The molecule has 4 rings (SSSR count). The predicted octanol–water partition coefficient (Wildman–Crippen LogP) is 7.40. The summed E-state index contributed by atoms with van der Waals surface area (Å²) in [6.45, 7) is 6.47. The van der Waals surface area contributed by atoms with Crippen LogP contribution in [0.2, 0.25) is 0 Å². The molecule has 14 heteroatoms. The second kappa shape index (κ2) is 13.3. The van der Waals surface area contributed by atoms with Crippen LogP contribution in [-0.4, -0.2) is 50.7 Å². The van der Waals surface area contributed by atoms with E-state index in [4.69, 9.17) is 9.84 Å². The maximum absolute atomic E-state index is 13.7. The van der Waals surface area contributed by atoms with Crippen molar-refractivity contribution in [2.45, 2.75) is 63.9 Å². The van der Waals surface area contributed by atoms with Gasteiger partial charge in [-0.1, -0.05) is 24.1 Å². The lowest BCUT2D eigenvalue weighted by Gasteiger charge is -2.33. The molecule has 2 N–H and O–H groups in total. The van der Waals surface area contributed by atoms with Crippen LogP contribution >= 0.6 is 0 Å². The number of benzene rings is 2. The third-order valence-electron chi connectivity index (χ3n) is 6.97. The van der Waals surface area contributed by atoms with Crippen molar-refractivity contribution in [3.05, 3.63) is 82.2 Å². The number of amides is 1. The van der Waals surface area contributed by atoms with Gasteiger partial charge in [0, 0.05) is 30.5 Å². The zero-order valence-corrected chi connectivity index (χ0v) is 25.0. The van der Waals surface area contributed by atoms with Gasteiger partial charge in [-0.3, -0.25) is 4.79 Å². The molecule has 1 aliphatic rings. The van der Waals surface area contributed by atoms with Crippen molar-refractivity contribution in [1.82, 2.24) is 14.9 Å². The Morgan fingerprint density at radius 2 is 1.63 bits per heavy atom. The van der Waals surface area contributed by atoms with E-state index < -0.39 is 52.7 Å². The number of nitrogens with zero attached hydrogens (tertiary/aromatic N) is 3. The van der Waals surface area contributed by atoms with Crippen molar-refractivity contribution in [2.24, 2.45) is 0 Å². The summed E-state index contributed by atoms with van der Waals surface area (Å²) in [7, 11) is 0. The first-order chi connectivity index (χ1) is 21.4. The summed E-state index contributed by atoms with van der Waals surface area (Å²) in [5.74, 6) is 3.00. The fourth-order valence-corrected chi connectivity index (χ4v) is 4.75. The van der Waals surface area contributed by atoms with Crippen LogP contribution in [0.1, 0.15) is 73.0 Å².